The maximum Gasteiger partial charge on any atom is 0.0819 e. The van der Waals surface area contributed by atoms with Crippen LogP contribution in [-0.4, -0.2) is 16.3 Å². The van der Waals surface area contributed by atoms with Gasteiger partial charge in [-0.25, -0.2) is 4.68 Å². The van der Waals surface area contributed by atoms with Crippen molar-refractivity contribution in [2.24, 2.45) is 0 Å². The average molecular weight is 343 g/mol. The molecule has 0 aliphatic rings. The van der Waals surface area contributed by atoms with Gasteiger partial charge in [0.1, 0.15) is 0 Å². The molecule has 0 aliphatic carbocycles. The fourth-order valence-corrected chi connectivity index (χ4v) is 2.54. The molecule has 102 valence electrons. The van der Waals surface area contributed by atoms with Gasteiger partial charge >= 0.3 is 0 Å². The number of aryl methyl sites for hydroxylation is 1. The van der Waals surface area contributed by atoms with E-state index in [1.54, 1.807) is 0 Å². The molecular weight excluding hydrogens is 326 g/mol. The van der Waals surface area contributed by atoms with E-state index in [9.17, 15) is 0 Å². The van der Waals surface area contributed by atoms with Gasteiger partial charge in [-0.3, -0.25) is 0 Å². The van der Waals surface area contributed by atoms with E-state index in [0.717, 1.165) is 22.4 Å². The van der Waals surface area contributed by atoms with Crippen molar-refractivity contribution in [1.82, 2.24) is 15.1 Å². The fourth-order valence-electron chi connectivity index (χ4n) is 2.06. The first-order valence-corrected chi connectivity index (χ1v) is 7.45. The van der Waals surface area contributed by atoms with Gasteiger partial charge in [-0.2, -0.15) is 5.10 Å². The van der Waals surface area contributed by atoms with Crippen LogP contribution in [0.4, 0.5) is 0 Å². The molecule has 1 heterocycles. The Kier molecular flexibility index (Phi) is 4.66. The molecule has 1 N–H and O–H groups in total. The van der Waals surface area contributed by atoms with Crippen molar-refractivity contribution in [2.75, 3.05) is 6.54 Å². The number of hydrogen-bond acceptors (Lipinski definition) is 2. The van der Waals surface area contributed by atoms with Gasteiger partial charge in [0.25, 0.3) is 0 Å². The quantitative estimate of drug-likeness (QED) is 0.899. The number of aromatic nitrogens is 2. The predicted octanol–water partition coefficient (Wildman–Crippen LogP) is 4.27. The van der Waals surface area contributed by atoms with Crippen LogP contribution >= 0.6 is 27.5 Å². The van der Waals surface area contributed by atoms with Gasteiger partial charge in [-0.1, -0.05) is 40.5 Å². The summed E-state index contributed by atoms with van der Waals surface area (Å²) < 4.78 is 2.87. The topological polar surface area (TPSA) is 29.9 Å². The van der Waals surface area contributed by atoms with E-state index < -0.39 is 0 Å². The fraction of sp³-hybridized carbons (Fsp3) is 0.357. The zero-order chi connectivity index (χ0) is 14.0. The highest BCUT2D eigenvalue weighted by Gasteiger charge is 2.13. The van der Waals surface area contributed by atoms with Crippen molar-refractivity contribution >= 4 is 27.5 Å². The van der Waals surface area contributed by atoms with E-state index in [0.29, 0.717) is 5.02 Å². The second kappa shape index (κ2) is 6.07. The van der Waals surface area contributed by atoms with Crippen LogP contribution in [0.5, 0.6) is 0 Å². The largest absolute Gasteiger partial charge is 0.310 e. The van der Waals surface area contributed by atoms with E-state index >= 15 is 0 Å². The molecule has 1 atom stereocenters. The maximum atomic E-state index is 6.10. The highest BCUT2D eigenvalue weighted by Crippen LogP contribution is 2.26. The second-order valence-electron chi connectivity index (χ2n) is 4.49. The van der Waals surface area contributed by atoms with Crippen LogP contribution in [0.2, 0.25) is 5.02 Å². The molecule has 0 bridgehead atoms. The molecule has 2 aromatic rings. The Labute approximate surface area is 127 Å². The lowest BCUT2D eigenvalue weighted by Crippen LogP contribution is -2.19. The van der Waals surface area contributed by atoms with Crippen molar-refractivity contribution < 1.29 is 0 Å². The van der Waals surface area contributed by atoms with Gasteiger partial charge in [0, 0.05) is 16.7 Å². The first kappa shape index (κ1) is 14.6. The second-order valence-corrected chi connectivity index (χ2v) is 5.81. The van der Waals surface area contributed by atoms with Crippen molar-refractivity contribution in [3.05, 3.63) is 45.1 Å². The Hall–Kier alpha value is -0.840. The minimum atomic E-state index is 0.261. The summed E-state index contributed by atoms with van der Waals surface area (Å²) in [5.74, 6) is 0. The third kappa shape index (κ3) is 3.19. The Balaban J connectivity index is 2.51. The van der Waals surface area contributed by atoms with Gasteiger partial charge in [-0.05, 0) is 38.1 Å². The maximum absolute atomic E-state index is 6.10. The minimum Gasteiger partial charge on any atom is -0.310 e. The van der Waals surface area contributed by atoms with Crippen molar-refractivity contribution in [2.45, 2.75) is 26.8 Å². The summed E-state index contributed by atoms with van der Waals surface area (Å²) in [5.41, 5.74) is 3.07. The molecule has 0 fully saturated rings. The standard InChI is InChI=1S/C14H17BrClN3/c1-4-17-9(2)12-6-5-11(15)7-14(12)19-8-13(16)10(3)18-19/h5-9,17H,4H2,1-3H3. The lowest BCUT2D eigenvalue weighted by Gasteiger charge is -2.17. The van der Waals surface area contributed by atoms with E-state index in [2.05, 4.69) is 52.3 Å². The molecule has 0 saturated heterocycles. The molecule has 0 saturated carbocycles. The third-order valence-corrected chi connectivity index (χ3v) is 3.92. The van der Waals surface area contributed by atoms with Crippen LogP contribution in [0.15, 0.2) is 28.9 Å². The number of halogens is 2. The molecule has 19 heavy (non-hydrogen) atoms. The van der Waals surface area contributed by atoms with Crippen LogP contribution in [0.25, 0.3) is 5.69 Å². The third-order valence-electron chi connectivity index (χ3n) is 3.06. The Morgan fingerprint density at radius 3 is 2.79 bits per heavy atom. The number of rotatable bonds is 4. The highest BCUT2D eigenvalue weighted by molar-refractivity contribution is 9.10. The molecule has 3 nitrogen and oxygen atoms in total. The number of nitrogens with one attached hydrogen (secondary N) is 1. The number of benzene rings is 1. The van der Waals surface area contributed by atoms with Crippen molar-refractivity contribution in [3.63, 3.8) is 0 Å². The molecule has 2 rings (SSSR count). The van der Waals surface area contributed by atoms with Crippen LogP contribution in [0, 0.1) is 6.92 Å². The average Bonchev–Trinajstić information content (AvgIpc) is 2.69. The van der Waals surface area contributed by atoms with E-state index in [1.165, 1.54) is 5.56 Å². The van der Waals surface area contributed by atoms with E-state index in [4.69, 9.17) is 11.6 Å². The smallest absolute Gasteiger partial charge is 0.0819 e. The molecular formula is C14H17BrClN3. The van der Waals surface area contributed by atoms with Crippen molar-refractivity contribution in [3.8, 4) is 5.69 Å². The number of hydrogen-bond donors (Lipinski definition) is 1. The Morgan fingerprint density at radius 2 is 2.21 bits per heavy atom. The van der Waals surface area contributed by atoms with E-state index in [1.807, 2.05) is 23.9 Å². The monoisotopic (exact) mass is 341 g/mol. The number of nitrogens with zero attached hydrogens (tertiary/aromatic N) is 2. The Bertz CT molecular complexity index is 561. The normalized spacial score (nSPS) is 12.7. The summed E-state index contributed by atoms with van der Waals surface area (Å²) in [4.78, 5) is 0. The molecule has 1 unspecified atom stereocenters. The molecule has 1 aromatic carbocycles. The lowest BCUT2D eigenvalue weighted by atomic mass is 10.1. The summed E-state index contributed by atoms with van der Waals surface area (Å²) in [5, 5.41) is 8.57. The van der Waals surface area contributed by atoms with Gasteiger partial charge < -0.3 is 5.32 Å². The first-order chi connectivity index (χ1) is 9.02. The molecule has 0 radical (unpaired) electrons. The zero-order valence-corrected chi connectivity index (χ0v) is 13.6. The predicted molar refractivity (Wildman–Crippen MR) is 83.1 cm³/mol. The van der Waals surface area contributed by atoms with Crippen LogP contribution in [0.1, 0.15) is 31.1 Å². The summed E-state index contributed by atoms with van der Waals surface area (Å²) in [6, 6.07) is 6.48. The molecule has 0 amide bonds. The van der Waals surface area contributed by atoms with Crippen LogP contribution in [-0.2, 0) is 0 Å². The summed E-state index contributed by atoms with van der Waals surface area (Å²) in [6.45, 7) is 7.08. The minimum absolute atomic E-state index is 0.261. The zero-order valence-electron chi connectivity index (χ0n) is 11.2. The first-order valence-electron chi connectivity index (χ1n) is 6.28. The molecule has 0 spiro atoms. The molecule has 1 aromatic heterocycles. The van der Waals surface area contributed by atoms with E-state index in [-0.39, 0.29) is 6.04 Å². The Morgan fingerprint density at radius 1 is 1.47 bits per heavy atom. The van der Waals surface area contributed by atoms with Gasteiger partial charge in [0.15, 0.2) is 0 Å². The van der Waals surface area contributed by atoms with Crippen molar-refractivity contribution in [1.29, 1.82) is 0 Å². The molecule has 5 heteroatoms. The summed E-state index contributed by atoms with van der Waals surface area (Å²) in [7, 11) is 0. The summed E-state index contributed by atoms with van der Waals surface area (Å²) >= 11 is 9.61. The highest BCUT2D eigenvalue weighted by atomic mass is 79.9. The summed E-state index contributed by atoms with van der Waals surface area (Å²) in [6.07, 6.45) is 1.85. The van der Waals surface area contributed by atoms with Gasteiger partial charge in [0.05, 0.1) is 16.4 Å². The van der Waals surface area contributed by atoms with Crippen LogP contribution in [0.3, 0.4) is 0 Å². The SMILES string of the molecule is CCNC(C)c1ccc(Br)cc1-n1cc(Cl)c(C)n1. The van der Waals surface area contributed by atoms with Gasteiger partial charge in [0.2, 0.25) is 0 Å². The molecule has 0 aliphatic heterocycles. The van der Waals surface area contributed by atoms with Gasteiger partial charge in [-0.15, -0.1) is 0 Å². The van der Waals surface area contributed by atoms with Crippen LogP contribution < -0.4 is 5.32 Å². The lowest BCUT2D eigenvalue weighted by molar-refractivity contribution is 0.593.